The normalized spacial score (nSPS) is 13.8. The summed E-state index contributed by atoms with van der Waals surface area (Å²) >= 11 is 0. The summed E-state index contributed by atoms with van der Waals surface area (Å²) in [6.07, 6.45) is 2.61. The molecule has 0 heterocycles. The molecule has 114 valence electrons. The summed E-state index contributed by atoms with van der Waals surface area (Å²) in [5.41, 5.74) is 1.63. The van der Waals surface area contributed by atoms with Crippen LogP contribution in [0, 0.1) is 23.3 Å². The Kier molecular flexibility index (Phi) is 3.77. The largest absolute Gasteiger partial charge is 0.207 e. The molecule has 0 aromatic heterocycles. The van der Waals surface area contributed by atoms with E-state index in [1.807, 2.05) is 6.92 Å². The Morgan fingerprint density at radius 2 is 1.55 bits per heavy atom. The molecule has 1 aliphatic rings. The first kappa shape index (κ1) is 14.8. The van der Waals surface area contributed by atoms with Crippen LogP contribution in [-0.4, -0.2) is 0 Å². The molecule has 0 spiro atoms. The summed E-state index contributed by atoms with van der Waals surface area (Å²) in [5.74, 6) is -2.59. The van der Waals surface area contributed by atoms with Crippen LogP contribution in [0.1, 0.15) is 35.6 Å². The van der Waals surface area contributed by atoms with Gasteiger partial charge >= 0.3 is 0 Å². The summed E-state index contributed by atoms with van der Waals surface area (Å²) < 4.78 is 55.4. The fourth-order valence-electron chi connectivity index (χ4n) is 2.87. The van der Waals surface area contributed by atoms with Gasteiger partial charge in [0, 0.05) is 11.6 Å². The van der Waals surface area contributed by atoms with E-state index in [1.54, 1.807) is 0 Å². The fraction of sp³-hybridized carbons (Fsp3) is 0.222. The van der Waals surface area contributed by atoms with Crippen LogP contribution in [0.15, 0.2) is 24.3 Å². The van der Waals surface area contributed by atoms with Crippen molar-refractivity contribution in [2.45, 2.75) is 26.2 Å². The Balaban J connectivity index is 2.12. The molecule has 0 atom stereocenters. The van der Waals surface area contributed by atoms with Crippen molar-refractivity contribution in [2.75, 3.05) is 0 Å². The molecule has 0 saturated heterocycles. The Morgan fingerprint density at radius 1 is 0.864 bits per heavy atom. The third-order valence-corrected chi connectivity index (χ3v) is 4.00. The molecule has 2 aromatic rings. The number of benzene rings is 2. The van der Waals surface area contributed by atoms with Gasteiger partial charge in [-0.05, 0) is 59.7 Å². The van der Waals surface area contributed by atoms with E-state index in [4.69, 9.17) is 0 Å². The van der Waals surface area contributed by atoms with Crippen molar-refractivity contribution < 1.29 is 17.6 Å². The molecule has 1 aliphatic carbocycles. The summed E-state index contributed by atoms with van der Waals surface area (Å²) in [6, 6.07) is 4.63. The van der Waals surface area contributed by atoms with Crippen molar-refractivity contribution in [3.63, 3.8) is 0 Å². The maximum absolute atomic E-state index is 14.2. The molecule has 0 fully saturated rings. The Morgan fingerprint density at radius 3 is 2.18 bits per heavy atom. The maximum atomic E-state index is 14.2. The van der Waals surface area contributed by atoms with E-state index >= 15 is 0 Å². The van der Waals surface area contributed by atoms with Gasteiger partial charge in [0.25, 0.3) is 0 Å². The number of rotatable bonds is 2. The highest BCUT2D eigenvalue weighted by atomic mass is 19.1. The van der Waals surface area contributed by atoms with Gasteiger partial charge in [-0.3, -0.25) is 0 Å². The predicted octanol–water partition coefficient (Wildman–Crippen LogP) is 5.29. The SMILES string of the molecule is CCc1cc(F)c(C2=Cc3cc(F)cc(F)c3CC2)c(F)c1. The first-order valence-corrected chi connectivity index (χ1v) is 7.16. The van der Waals surface area contributed by atoms with Crippen molar-refractivity contribution >= 4 is 11.6 Å². The quantitative estimate of drug-likeness (QED) is 0.661. The van der Waals surface area contributed by atoms with Crippen LogP contribution < -0.4 is 0 Å². The molecule has 3 rings (SSSR count). The molecule has 2 aromatic carbocycles. The van der Waals surface area contributed by atoms with Gasteiger partial charge in [0.15, 0.2) is 0 Å². The summed E-state index contributed by atoms with van der Waals surface area (Å²) in [5, 5.41) is 0. The van der Waals surface area contributed by atoms with Crippen LogP contribution >= 0.6 is 0 Å². The standard InChI is InChI=1S/C18H14F4/c1-2-10-5-16(21)18(17(22)6-10)11-3-4-14-12(7-11)8-13(19)9-15(14)20/h5-9H,2-4H2,1H3. The van der Waals surface area contributed by atoms with E-state index in [0.29, 0.717) is 41.5 Å². The number of aryl methyl sites for hydroxylation is 1. The second-order valence-electron chi connectivity index (χ2n) is 5.41. The van der Waals surface area contributed by atoms with E-state index in [9.17, 15) is 17.6 Å². The summed E-state index contributed by atoms with van der Waals surface area (Å²) in [6.45, 7) is 1.82. The first-order valence-electron chi connectivity index (χ1n) is 7.16. The zero-order valence-corrected chi connectivity index (χ0v) is 12.0. The van der Waals surface area contributed by atoms with Gasteiger partial charge in [0.1, 0.15) is 23.3 Å². The lowest BCUT2D eigenvalue weighted by molar-refractivity contribution is 0.567. The third kappa shape index (κ3) is 2.54. The average Bonchev–Trinajstić information content (AvgIpc) is 2.45. The smallest absolute Gasteiger partial charge is 0.133 e. The minimum Gasteiger partial charge on any atom is -0.207 e. The van der Waals surface area contributed by atoms with Gasteiger partial charge in [-0.2, -0.15) is 0 Å². The molecular formula is C18H14F4. The fourth-order valence-corrected chi connectivity index (χ4v) is 2.87. The molecule has 22 heavy (non-hydrogen) atoms. The topological polar surface area (TPSA) is 0 Å². The first-order chi connectivity index (χ1) is 10.5. The van der Waals surface area contributed by atoms with Crippen molar-refractivity contribution in [2.24, 2.45) is 0 Å². The van der Waals surface area contributed by atoms with Gasteiger partial charge in [-0.15, -0.1) is 0 Å². The van der Waals surface area contributed by atoms with Gasteiger partial charge in [-0.25, -0.2) is 17.6 Å². The molecule has 0 unspecified atom stereocenters. The highest BCUT2D eigenvalue weighted by molar-refractivity contribution is 5.85. The van der Waals surface area contributed by atoms with Crippen molar-refractivity contribution in [1.29, 1.82) is 0 Å². The maximum Gasteiger partial charge on any atom is 0.133 e. The van der Waals surface area contributed by atoms with Gasteiger partial charge in [0.05, 0.1) is 0 Å². The highest BCUT2D eigenvalue weighted by Gasteiger charge is 2.21. The van der Waals surface area contributed by atoms with Crippen LogP contribution in [-0.2, 0) is 12.8 Å². The average molecular weight is 306 g/mol. The van der Waals surface area contributed by atoms with Crippen LogP contribution in [0.4, 0.5) is 17.6 Å². The van der Waals surface area contributed by atoms with E-state index in [0.717, 1.165) is 6.07 Å². The number of fused-ring (bicyclic) bond motifs is 1. The van der Waals surface area contributed by atoms with Crippen molar-refractivity contribution in [3.8, 4) is 0 Å². The van der Waals surface area contributed by atoms with Crippen molar-refractivity contribution in [3.05, 3.63) is 69.8 Å². The second-order valence-corrected chi connectivity index (χ2v) is 5.41. The van der Waals surface area contributed by atoms with Gasteiger partial charge in [-0.1, -0.05) is 13.0 Å². The summed E-state index contributed by atoms with van der Waals surface area (Å²) in [7, 11) is 0. The number of hydrogen-bond donors (Lipinski definition) is 0. The molecule has 0 radical (unpaired) electrons. The molecule has 0 nitrogen and oxygen atoms in total. The van der Waals surface area contributed by atoms with Crippen LogP contribution in [0.2, 0.25) is 0 Å². The molecule has 0 amide bonds. The molecular weight excluding hydrogens is 292 g/mol. The van der Waals surface area contributed by atoms with E-state index in [2.05, 4.69) is 0 Å². The lowest BCUT2D eigenvalue weighted by Gasteiger charge is -2.19. The Hall–Kier alpha value is -2.10. The van der Waals surface area contributed by atoms with Crippen LogP contribution in [0.25, 0.3) is 11.6 Å². The zero-order chi connectivity index (χ0) is 15.9. The third-order valence-electron chi connectivity index (χ3n) is 4.00. The minimum absolute atomic E-state index is 0.104. The van der Waals surface area contributed by atoms with Gasteiger partial charge in [0.2, 0.25) is 0 Å². The second kappa shape index (κ2) is 5.59. The number of allylic oxidation sites excluding steroid dienone is 1. The molecule has 4 heteroatoms. The molecule has 0 N–H and O–H groups in total. The summed E-state index contributed by atoms with van der Waals surface area (Å²) in [4.78, 5) is 0. The van der Waals surface area contributed by atoms with Crippen LogP contribution in [0.3, 0.4) is 0 Å². The monoisotopic (exact) mass is 306 g/mol. The molecule has 0 aliphatic heterocycles. The predicted molar refractivity (Wildman–Crippen MR) is 78.3 cm³/mol. The zero-order valence-electron chi connectivity index (χ0n) is 12.0. The van der Waals surface area contributed by atoms with Gasteiger partial charge < -0.3 is 0 Å². The lowest BCUT2D eigenvalue weighted by Crippen LogP contribution is -2.06. The Labute approximate surface area is 126 Å². The van der Waals surface area contributed by atoms with E-state index < -0.39 is 23.3 Å². The van der Waals surface area contributed by atoms with Crippen LogP contribution in [0.5, 0.6) is 0 Å². The number of hydrogen-bond acceptors (Lipinski definition) is 0. The lowest BCUT2D eigenvalue weighted by atomic mass is 9.87. The van der Waals surface area contributed by atoms with E-state index in [1.165, 1.54) is 24.3 Å². The minimum atomic E-state index is -0.698. The van der Waals surface area contributed by atoms with E-state index in [-0.39, 0.29) is 5.56 Å². The molecule has 0 bridgehead atoms. The number of halogens is 4. The van der Waals surface area contributed by atoms with Crippen molar-refractivity contribution in [1.82, 2.24) is 0 Å². The highest BCUT2D eigenvalue weighted by Crippen LogP contribution is 2.34. The molecule has 0 saturated carbocycles. The Bertz CT molecular complexity index is 752.